The highest BCUT2D eigenvalue weighted by Gasteiger charge is 2.23. The van der Waals surface area contributed by atoms with E-state index in [1.165, 1.54) is 0 Å². The lowest BCUT2D eigenvalue weighted by molar-refractivity contribution is 0.0661. The number of carbonyl (C=O) groups is 1. The van der Waals surface area contributed by atoms with Crippen molar-refractivity contribution in [2.24, 2.45) is 0 Å². The highest BCUT2D eigenvalue weighted by molar-refractivity contribution is 9.10. The van der Waals surface area contributed by atoms with Crippen LogP contribution in [0.2, 0.25) is 0 Å². The van der Waals surface area contributed by atoms with E-state index in [0.717, 1.165) is 15.6 Å². The molecule has 0 spiro atoms. The number of oxazole rings is 1. The second-order valence-electron chi connectivity index (χ2n) is 4.63. The third-order valence-corrected chi connectivity index (χ3v) is 3.87. The van der Waals surface area contributed by atoms with Crippen molar-refractivity contribution in [3.63, 3.8) is 0 Å². The Hall–Kier alpha value is -1.62. The zero-order valence-corrected chi connectivity index (χ0v) is 12.5. The van der Waals surface area contributed by atoms with Crippen molar-refractivity contribution in [1.29, 1.82) is 0 Å². The Labute approximate surface area is 119 Å². The van der Waals surface area contributed by atoms with Crippen LogP contribution in [-0.4, -0.2) is 16.1 Å². The molecule has 100 valence electrons. The average Bonchev–Trinajstić information content (AvgIpc) is 2.77. The van der Waals surface area contributed by atoms with Crippen molar-refractivity contribution >= 4 is 21.9 Å². The number of benzene rings is 1. The Morgan fingerprint density at radius 1 is 1.42 bits per heavy atom. The molecular formula is C14H14BrNO3. The summed E-state index contributed by atoms with van der Waals surface area (Å²) < 4.78 is 6.28. The Balaban J connectivity index is 2.61. The summed E-state index contributed by atoms with van der Waals surface area (Å²) in [5.74, 6) is -0.853. The van der Waals surface area contributed by atoms with Gasteiger partial charge in [0.2, 0.25) is 11.7 Å². The summed E-state index contributed by atoms with van der Waals surface area (Å²) >= 11 is 3.48. The molecule has 1 N–H and O–H groups in total. The zero-order valence-electron chi connectivity index (χ0n) is 10.9. The number of aryl methyl sites for hydroxylation is 1. The maximum absolute atomic E-state index is 11.2. The van der Waals surface area contributed by atoms with E-state index in [4.69, 9.17) is 9.52 Å². The first kappa shape index (κ1) is 13.8. The Morgan fingerprint density at radius 2 is 2.11 bits per heavy atom. The van der Waals surface area contributed by atoms with Crippen LogP contribution in [0.1, 0.15) is 41.6 Å². The molecule has 0 unspecified atom stereocenters. The Kier molecular flexibility index (Phi) is 3.75. The molecule has 5 heteroatoms. The fraction of sp³-hybridized carbons (Fsp3) is 0.286. The first-order valence-corrected chi connectivity index (χ1v) is 6.70. The molecule has 0 aliphatic carbocycles. The number of hydrogen-bond acceptors (Lipinski definition) is 3. The molecule has 19 heavy (non-hydrogen) atoms. The maximum Gasteiger partial charge on any atom is 0.373 e. The Bertz CT molecular complexity index is 632. The lowest BCUT2D eigenvalue weighted by Gasteiger charge is -2.02. The lowest BCUT2D eigenvalue weighted by atomic mass is 10.1. The minimum atomic E-state index is -1.09. The van der Waals surface area contributed by atoms with Gasteiger partial charge in [0.25, 0.3) is 0 Å². The van der Waals surface area contributed by atoms with Crippen molar-refractivity contribution in [2.45, 2.75) is 26.7 Å². The van der Waals surface area contributed by atoms with Crippen LogP contribution in [-0.2, 0) is 0 Å². The van der Waals surface area contributed by atoms with Crippen molar-refractivity contribution in [1.82, 2.24) is 4.98 Å². The minimum absolute atomic E-state index is 0.00724. The van der Waals surface area contributed by atoms with Crippen molar-refractivity contribution < 1.29 is 14.3 Å². The molecular weight excluding hydrogens is 310 g/mol. The van der Waals surface area contributed by atoms with Gasteiger partial charge in [-0.3, -0.25) is 0 Å². The smallest absolute Gasteiger partial charge is 0.373 e. The highest BCUT2D eigenvalue weighted by atomic mass is 79.9. The van der Waals surface area contributed by atoms with Crippen molar-refractivity contribution in [3.05, 3.63) is 39.7 Å². The third-order valence-electron chi connectivity index (χ3n) is 2.82. The van der Waals surface area contributed by atoms with Gasteiger partial charge in [0.15, 0.2) is 0 Å². The molecule has 1 aromatic carbocycles. The van der Waals surface area contributed by atoms with Gasteiger partial charge < -0.3 is 9.52 Å². The van der Waals surface area contributed by atoms with Crippen molar-refractivity contribution in [3.8, 4) is 11.5 Å². The topological polar surface area (TPSA) is 63.3 Å². The van der Waals surface area contributed by atoms with E-state index in [1.54, 1.807) is 0 Å². The Morgan fingerprint density at radius 3 is 2.63 bits per heavy atom. The molecule has 4 nitrogen and oxygen atoms in total. The first-order valence-electron chi connectivity index (χ1n) is 5.91. The lowest BCUT2D eigenvalue weighted by Crippen LogP contribution is -2.01. The molecule has 0 aliphatic rings. The van der Waals surface area contributed by atoms with E-state index < -0.39 is 5.97 Å². The summed E-state index contributed by atoms with van der Waals surface area (Å²) in [6, 6.07) is 5.69. The van der Waals surface area contributed by atoms with Gasteiger partial charge in [-0.05, 0) is 40.4 Å². The van der Waals surface area contributed by atoms with Crippen LogP contribution in [0.4, 0.5) is 0 Å². The quantitative estimate of drug-likeness (QED) is 0.917. The van der Waals surface area contributed by atoms with E-state index in [-0.39, 0.29) is 11.7 Å². The molecule has 0 fully saturated rings. The number of nitrogens with zero attached hydrogens (tertiary/aromatic N) is 1. The minimum Gasteiger partial charge on any atom is -0.475 e. The van der Waals surface area contributed by atoms with Crippen LogP contribution in [0.5, 0.6) is 0 Å². The van der Waals surface area contributed by atoms with Gasteiger partial charge in [0, 0.05) is 4.47 Å². The largest absolute Gasteiger partial charge is 0.475 e. The summed E-state index contributed by atoms with van der Waals surface area (Å²) in [4.78, 5) is 15.5. The van der Waals surface area contributed by atoms with Gasteiger partial charge in [-0.1, -0.05) is 26.0 Å². The van der Waals surface area contributed by atoms with Gasteiger partial charge in [0.1, 0.15) is 0 Å². The molecule has 0 saturated heterocycles. The average molecular weight is 324 g/mol. The second-order valence-corrected chi connectivity index (χ2v) is 5.42. The summed E-state index contributed by atoms with van der Waals surface area (Å²) in [5.41, 5.74) is 2.27. The molecule has 1 aromatic heterocycles. The summed E-state index contributed by atoms with van der Waals surface area (Å²) in [7, 11) is 0. The molecule has 0 radical (unpaired) electrons. The normalized spacial score (nSPS) is 11.0. The van der Waals surface area contributed by atoms with Gasteiger partial charge in [0.05, 0.1) is 11.3 Å². The van der Waals surface area contributed by atoms with E-state index in [2.05, 4.69) is 20.9 Å². The van der Waals surface area contributed by atoms with Crippen LogP contribution >= 0.6 is 15.9 Å². The summed E-state index contributed by atoms with van der Waals surface area (Å²) in [5, 5.41) is 9.15. The predicted octanol–water partition coefficient (Wildman–Crippen LogP) is 4.23. The van der Waals surface area contributed by atoms with Crippen LogP contribution in [0, 0.1) is 6.92 Å². The number of carboxylic acids is 1. The monoisotopic (exact) mass is 323 g/mol. The number of hydrogen-bond donors (Lipinski definition) is 1. The number of aromatic carboxylic acids is 1. The molecule has 0 atom stereocenters. The van der Waals surface area contributed by atoms with Crippen LogP contribution in [0.3, 0.4) is 0 Å². The molecule has 0 bridgehead atoms. The number of carboxylic acid groups (broad SMARTS) is 1. The predicted molar refractivity (Wildman–Crippen MR) is 75.4 cm³/mol. The van der Waals surface area contributed by atoms with Crippen LogP contribution in [0.25, 0.3) is 11.5 Å². The number of halogens is 1. The third kappa shape index (κ3) is 2.56. The fourth-order valence-corrected chi connectivity index (χ4v) is 2.24. The summed E-state index contributed by atoms with van der Waals surface area (Å²) in [6.45, 7) is 5.73. The van der Waals surface area contributed by atoms with E-state index in [0.29, 0.717) is 11.6 Å². The zero-order chi connectivity index (χ0) is 14.2. The van der Waals surface area contributed by atoms with Gasteiger partial charge in [-0.15, -0.1) is 0 Å². The van der Waals surface area contributed by atoms with Gasteiger partial charge in [-0.25, -0.2) is 9.78 Å². The van der Waals surface area contributed by atoms with Gasteiger partial charge in [-0.2, -0.15) is 0 Å². The molecule has 1 heterocycles. The fourth-order valence-electron chi connectivity index (χ4n) is 1.80. The van der Waals surface area contributed by atoms with Crippen LogP contribution in [0.15, 0.2) is 27.1 Å². The van der Waals surface area contributed by atoms with Crippen LogP contribution < -0.4 is 0 Å². The van der Waals surface area contributed by atoms with Crippen molar-refractivity contribution in [2.75, 3.05) is 0 Å². The SMILES string of the molecule is Cc1cccc(-c2nc(C(C)C)c(C(=O)O)o2)c1Br. The molecule has 0 amide bonds. The molecule has 2 aromatic rings. The second kappa shape index (κ2) is 5.17. The molecule has 2 rings (SSSR count). The molecule has 0 saturated carbocycles. The van der Waals surface area contributed by atoms with E-state index >= 15 is 0 Å². The first-order chi connectivity index (χ1) is 8.91. The van der Waals surface area contributed by atoms with E-state index in [9.17, 15) is 4.79 Å². The highest BCUT2D eigenvalue weighted by Crippen LogP contribution is 2.33. The van der Waals surface area contributed by atoms with Gasteiger partial charge >= 0.3 is 5.97 Å². The van der Waals surface area contributed by atoms with E-state index in [1.807, 2.05) is 39.0 Å². The number of rotatable bonds is 3. The number of aromatic nitrogens is 1. The maximum atomic E-state index is 11.2. The standard InChI is InChI=1S/C14H14BrNO3/c1-7(2)11-12(14(17)18)19-13(16-11)9-6-4-5-8(3)10(9)15/h4-7H,1-3H3,(H,17,18). The molecule has 0 aliphatic heterocycles. The summed E-state index contributed by atoms with van der Waals surface area (Å²) in [6.07, 6.45) is 0.